The zero-order valence-corrected chi connectivity index (χ0v) is 17.7. The van der Waals surface area contributed by atoms with Crippen LogP contribution in [0.15, 0.2) is 18.3 Å². The zero-order chi connectivity index (χ0) is 20.0. The Morgan fingerprint density at radius 1 is 1.19 bits per heavy atom. The molecule has 2 rings (SSSR count). The molecule has 0 fully saturated rings. The Morgan fingerprint density at radius 3 is 2.44 bits per heavy atom. The number of nitrogens with one attached hydrogen (secondary N) is 1. The van der Waals surface area contributed by atoms with Crippen LogP contribution in [0.2, 0.25) is 0 Å². The second-order valence-electron chi connectivity index (χ2n) is 6.34. The van der Waals surface area contributed by atoms with Crippen LogP contribution in [-0.2, 0) is 0 Å². The summed E-state index contributed by atoms with van der Waals surface area (Å²) in [6.45, 7) is 4.21. The van der Waals surface area contributed by atoms with Gasteiger partial charge in [0.25, 0.3) is 0 Å². The minimum Gasteiger partial charge on any atom is -0.496 e. The number of anilines is 2. The Kier molecular flexibility index (Phi) is 7.87. The molecule has 0 saturated heterocycles. The summed E-state index contributed by atoms with van der Waals surface area (Å²) in [6.07, 6.45) is 1.50. The minimum atomic E-state index is -0.291. The molecule has 0 spiro atoms. The molecule has 0 unspecified atom stereocenters. The van der Waals surface area contributed by atoms with E-state index in [4.69, 9.17) is 25.4 Å². The van der Waals surface area contributed by atoms with Gasteiger partial charge in [-0.3, -0.25) is 0 Å². The lowest BCUT2D eigenvalue weighted by Gasteiger charge is -2.17. The molecule has 0 aliphatic carbocycles. The maximum absolute atomic E-state index is 9.10. The van der Waals surface area contributed by atoms with Crippen LogP contribution in [0, 0.1) is 9.49 Å². The van der Waals surface area contributed by atoms with Crippen molar-refractivity contribution in [3.05, 3.63) is 27.5 Å². The first-order valence-electron chi connectivity index (χ1n) is 8.52. The number of nitrogens with zero attached hydrogens (tertiary/aromatic N) is 2. The largest absolute Gasteiger partial charge is 0.496 e. The van der Waals surface area contributed by atoms with E-state index in [1.807, 2.05) is 12.1 Å². The molecule has 1 aromatic carbocycles. The number of nitrogens with two attached hydrogens (primary N) is 1. The predicted molar refractivity (Wildman–Crippen MR) is 112 cm³/mol. The standard InChI is InChI=1S/C18H25IN4O4/c1-10(2)12-4-15(26-3)13(19)5-14(12)27-16-7-22-18(23-17(16)20)21-6-11(8-24)9-25/h4-5,7,10-11,24-25H,6,8-9H2,1-3H3,(H3,20,21,22,23). The van der Waals surface area contributed by atoms with Crippen molar-refractivity contribution in [1.82, 2.24) is 9.97 Å². The third-order valence-corrected chi connectivity index (χ3v) is 4.82. The van der Waals surface area contributed by atoms with E-state index < -0.39 is 0 Å². The van der Waals surface area contributed by atoms with Gasteiger partial charge in [-0.05, 0) is 40.6 Å². The van der Waals surface area contributed by atoms with Gasteiger partial charge in [0, 0.05) is 31.2 Å². The summed E-state index contributed by atoms with van der Waals surface area (Å²) in [4.78, 5) is 8.37. The third kappa shape index (κ3) is 5.56. The molecule has 1 aromatic heterocycles. The Morgan fingerprint density at radius 2 is 1.89 bits per heavy atom. The van der Waals surface area contributed by atoms with Crippen LogP contribution in [0.1, 0.15) is 25.3 Å². The molecule has 0 atom stereocenters. The van der Waals surface area contributed by atoms with Gasteiger partial charge in [-0.15, -0.1) is 0 Å². The lowest BCUT2D eigenvalue weighted by molar-refractivity contribution is 0.157. The highest BCUT2D eigenvalue weighted by molar-refractivity contribution is 14.1. The maximum atomic E-state index is 9.10. The van der Waals surface area contributed by atoms with Crippen LogP contribution < -0.4 is 20.5 Å². The number of aliphatic hydroxyl groups is 2. The van der Waals surface area contributed by atoms with Crippen molar-refractivity contribution in [2.24, 2.45) is 5.92 Å². The molecule has 9 heteroatoms. The summed E-state index contributed by atoms with van der Waals surface area (Å²) in [7, 11) is 1.64. The molecule has 5 N–H and O–H groups in total. The average Bonchev–Trinajstić information content (AvgIpc) is 2.64. The van der Waals surface area contributed by atoms with Gasteiger partial charge in [-0.2, -0.15) is 4.98 Å². The Bertz CT molecular complexity index is 769. The van der Waals surface area contributed by atoms with Crippen LogP contribution in [0.5, 0.6) is 17.2 Å². The summed E-state index contributed by atoms with van der Waals surface area (Å²) >= 11 is 2.19. The molecule has 0 aliphatic rings. The van der Waals surface area contributed by atoms with Gasteiger partial charge >= 0.3 is 0 Å². The monoisotopic (exact) mass is 488 g/mol. The molecular weight excluding hydrogens is 463 g/mol. The summed E-state index contributed by atoms with van der Waals surface area (Å²) in [5, 5.41) is 21.1. The lowest BCUT2D eigenvalue weighted by Crippen LogP contribution is -2.22. The van der Waals surface area contributed by atoms with Crippen LogP contribution >= 0.6 is 22.6 Å². The van der Waals surface area contributed by atoms with E-state index in [1.165, 1.54) is 6.20 Å². The summed E-state index contributed by atoms with van der Waals surface area (Å²) in [5.41, 5.74) is 7.01. The Labute approximate surface area is 172 Å². The topological polar surface area (TPSA) is 123 Å². The molecule has 1 heterocycles. The summed E-state index contributed by atoms with van der Waals surface area (Å²) in [6, 6.07) is 3.85. The van der Waals surface area contributed by atoms with Crippen molar-refractivity contribution in [3.63, 3.8) is 0 Å². The van der Waals surface area contributed by atoms with E-state index in [2.05, 4.69) is 51.7 Å². The number of benzene rings is 1. The predicted octanol–water partition coefficient (Wildman–Crippen LogP) is 2.60. The molecular formula is C18H25IN4O4. The maximum Gasteiger partial charge on any atom is 0.224 e. The number of aliphatic hydroxyl groups excluding tert-OH is 2. The van der Waals surface area contributed by atoms with Crippen molar-refractivity contribution in [2.45, 2.75) is 19.8 Å². The van der Waals surface area contributed by atoms with E-state index in [0.717, 1.165) is 14.9 Å². The van der Waals surface area contributed by atoms with E-state index in [9.17, 15) is 0 Å². The first kappa shape index (κ1) is 21.5. The van der Waals surface area contributed by atoms with Crippen molar-refractivity contribution in [1.29, 1.82) is 0 Å². The zero-order valence-electron chi connectivity index (χ0n) is 15.6. The van der Waals surface area contributed by atoms with Gasteiger partial charge in [0.1, 0.15) is 11.5 Å². The average molecular weight is 488 g/mol. The number of aromatic nitrogens is 2. The highest BCUT2D eigenvalue weighted by Crippen LogP contribution is 2.37. The number of hydrogen-bond acceptors (Lipinski definition) is 8. The van der Waals surface area contributed by atoms with Gasteiger partial charge in [0.05, 0.1) is 16.9 Å². The van der Waals surface area contributed by atoms with Crippen molar-refractivity contribution in [3.8, 4) is 17.2 Å². The SMILES string of the molecule is COc1cc(C(C)C)c(Oc2cnc(NCC(CO)CO)nc2N)cc1I. The molecule has 8 nitrogen and oxygen atoms in total. The second-order valence-corrected chi connectivity index (χ2v) is 7.50. The van der Waals surface area contributed by atoms with Crippen LogP contribution in [-0.4, -0.2) is 47.0 Å². The Balaban J connectivity index is 2.21. The quantitative estimate of drug-likeness (QED) is 0.398. The van der Waals surface area contributed by atoms with Crippen molar-refractivity contribution >= 4 is 34.4 Å². The fourth-order valence-electron chi connectivity index (χ4n) is 2.34. The van der Waals surface area contributed by atoms with Crippen molar-refractivity contribution < 1.29 is 19.7 Å². The third-order valence-electron chi connectivity index (χ3n) is 3.97. The number of nitrogen functional groups attached to an aromatic ring is 1. The highest BCUT2D eigenvalue weighted by atomic mass is 127. The normalized spacial score (nSPS) is 11.1. The fraction of sp³-hybridized carbons (Fsp3) is 0.444. The van der Waals surface area contributed by atoms with Crippen LogP contribution in [0.4, 0.5) is 11.8 Å². The number of ether oxygens (including phenoxy) is 2. The first-order chi connectivity index (χ1) is 12.9. The van der Waals surface area contributed by atoms with E-state index >= 15 is 0 Å². The Hall–Kier alpha value is -1.85. The molecule has 27 heavy (non-hydrogen) atoms. The fourth-order valence-corrected chi connectivity index (χ4v) is 2.99. The van der Waals surface area contributed by atoms with Gasteiger partial charge in [-0.25, -0.2) is 4.98 Å². The molecule has 0 aliphatic heterocycles. The highest BCUT2D eigenvalue weighted by Gasteiger charge is 2.16. The number of halogens is 1. The smallest absolute Gasteiger partial charge is 0.224 e. The van der Waals surface area contributed by atoms with Crippen LogP contribution in [0.3, 0.4) is 0 Å². The number of rotatable bonds is 9. The lowest BCUT2D eigenvalue weighted by atomic mass is 10.0. The molecule has 2 aromatic rings. The molecule has 0 radical (unpaired) electrons. The summed E-state index contributed by atoms with van der Waals surface area (Å²) < 4.78 is 12.3. The molecule has 0 bridgehead atoms. The van der Waals surface area contributed by atoms with Gasteiger partial charge in [0.2, 0.25) is 5.95 Å². The molecule has 148 valence electrons. The van der Waals surface area contributed by atoms with E-state index in [0.29, 0.717) is 24.0 Å². The number of methoxy groups -OCH3 is 1. The van der Waals surface area contributed by atoms with Gasteiger partial charge in [0.15, 0.2) is 11.6 Å². The van der Waals surface area contributed by atoms with Gasteiger partial charge < -0.3 is 30.7 Å². The van der Waals surface area contributed by atoms with Crippen LogP contribution in [0.25, 0.3) is 0 Å². The van der Waals surface area contributed by atoms with Crippen molar-refractivity contribution in [2.75, 3.05) is 37.9 Å². The second kappa shape index (κ2) is 9.90. The summed E-state index contributed by atoms with van der Waals surface area (Å²) in [5.74, 6) is 2.25. The van der Waals surface area contributed by atoms with Gasteiger partial charge in [-0.1, -0.05) is 13.8 Å². The molecule has 0 amide bonds. The molecule has 0 saturated carbocycles. The van der Waals surface area contributed by atoms with E-state index in [1.54, 1.807) is 7.11 Å². The minimum absolute atomic E-state index is 0.131. The number of hydrogen-bond donors (Lipinski definition) is 4. The van der Waals surface area contributed by atoms with E-state index in [-0.39, 0.29) is 30.9 Å². The first-order valence-corrected chi connectivity index (χ1v) is 9.60.